The number of hydrogen-bond donors (Lipinski definition) is 1. The van der Waals surface area contributed by atoms with Gasteiger partial charge in [0.05, 0.1) is 30.1 Å². The molecule has 1 aliphatic heterocycles. The zero-order valence-electron chi connectivity index (χ0n) is 16.4. The van der Waals surface area contributed by atoms with Crippen molar-refractivity contribution < 1.29 is 19.1 Å². The largest absolute Gasteiger partial charge is 0.496 e. The number of rotatable bonds is 4. The molecule has 7 nitrogen and oxygen atoms in total. The number of nitrogens with zero attached hydrogens (tertiary/aromatic N) is 2. The van der Waals surface area contributed by atoms with E-state index < -0.39 is 5.91 Å². The maximum Gasteiger partial charge on any atom is 0.244 e. The van der Waals surface area contributed by atoms with E-state index in [-0.39, 0.29) is 42.0 Å². The van der Waals surface area contributed by atoms with Gasteiger partial charge >= 0.3 is 0 Å². The van der Waals surface area contributed by atoms with Crippen molar-refractivity contribution in [2.75, 3.05) is 19.0 Å². The SMILES string of the molecule is COc1ccnc2c(NC(=O)CN3C(=O)[C@@H]4[C@H]5C=C[C@H]([C@H]6C[C@H]56)[C@@H]4C3=O)cccc12. The van der Waals surface area contributed by atoms with E-state index in [1.165, 1.54) is 4.90 Å². The number of para-hydroxylation sites is 1. The van der Waals surface area contributed by atoms with Crippen LogP contribution in [0.2, 0.25) is 0 Å². The number of methoxy groups -OCH3 is 1. The number of hydrogen-bond acceptors (Lipinski definition) is 5. The van der Waals surface area contributed by atoms with Crippen LogP contribution in [-0.4, -0.2) is 41.3 Å². The lowest BCUT2D eigenvalue weighted by Crippen LogP contribution is -2.40. The Morgan fingerprint density at radius 2 is 1.83 bits per heavy atom. The molecule has 7 heteroatoms. The van der Waals surface area contributed by atoms with Crippen molar-refractivity contribution in [3.8, 4) is 5.75 Å². The van der Waals surface area contributed by atoms with Gasteiger partial charge in [0.2, 0.25) is 17.7 Å². The van der Waals surface area contributed by atoms with Crippen LogP contribution in [0, 0.1) is 35.5 Å². The first-order chi connectivity index (χ1) is 14.6. The predicted molar refractivity (Wildman–Crippen MR) is 108 cm³/mol. The maximum absolute atomic E-state index is 13.1. The Bertz CT molecular complexity index is 1110. The number of benzene rings is 1. The molecule has 30 heavy (non-hydrogen) atoms. The standard InChI is InChI=1S/C23H21N3O4/c1-30-17-7-8-24-21-13(17)3-2-4-16(21)25-18(27)10-26-22(28)19-11-5-6-12(15-9-14(11)15)20(19)23(26)29/h2-8,11-12,14-15,19-20H,9-10H2,1H3,(H,25,27)/t11-,12+,14-,15-,19+,20-/m1/s1. The first-order valence-electron chi connectivity index (χ1n) is 10.3. The molecule has 5 aliphatic rings. The molecule has 0 spiro atoms. The minimum atomic E-state index is -0.405. The Hall–Kier alpha value is -3.22. The zero-order chi connectivity index (χ0) is 20.6. The van der Waals surface area contributed by atoms with E-state index in [9.17, 15) is 14.4 Å². The van der Waals surface area contributed by atoms with Crippen molar-refractivity contribution in [2.24, 2.45) is 35.5 Å². The molecular formula is C23H21N3O4. The number of nitrogens with one attached hydrogen (secondary N) is 1. The van der Waals surface area contributed by atoms with E-state index in [1.54, 1.807) is 31.5 Å². The molecule has 4 aliphatic carbocycles. The number of carbonyl (C=O) groups is 3. The minimum Gasteiger partial charge on any atom is -0.496 e. The van der Waals surface area contributed by atoms with Crippen molar-refractivity contribution in [1.29, 1.82) is 0 Å². The van der Waals surface area contributed by atoms with Gasteiger partial charge in [0.25, 0.3) is 0 Å². The first-order valence-corrected chi connectivity index (χ1v) is 10.3. The molecule has 3 fully saturated rings. The van der Waals surface area contributed by atoms with E-state index in [4.69, 9.17) is 4.74 Å². The second-order valence-corrected chi connectivity index (χ2v) is 8.68. The number of ether oxygens (including phenoxy) is 1. The van der Waals surface area contributed by atoms with Gasteiger partial charge in [-0.2, -0.15) is 0 Å². The van der Waals surface area contributed by atoms with Gasteiger partial charge in [-0.3, -0.25) is 24.3 Å². The smallest absolute Gasteiger partial charge is 0.244 e. The zero-order valence-corrected chi connectivity index (χ0v) is 16.4. The van der Waals surface area contributed by atoms with Gasteiger partial charge in [0.15, 0.2) is 0 Å². The topological polar surface area (TPSA) is 88.6 Å². The quantitative estimate of drug-likeness (QED) is 0.625. The molecule has 6 atom stereocenters. The molecule has 1 saturated heterocycles. The number of anilines is 1. The average molecular weight is 403 g/mol. The Morgan fingerprint density at radius 3 is 2.50 bits per heavy atom. The fourth-order valence-corrected chi connectivity index (χ4v) is 5.94. The summed E-state index contributed by atoms with van der Waals surface area (Å²) in [4.78, 5) is 44.4. The summed E-state index contributed by atoms with van der Waals surface area (Å²) < 4.78 is 5.36. The van der Waals surface area contributed by atoms with Crippen LogP contribution in [-0.2, 0) is 14.4 Å². The molecule has 1 N–H and O–H groups in total. The van der Waals surface area contributed by atoms with Gasteiger partial charge in [0, 0.05) is 11.6 Å². The second-order valence-electron chi connectivity index (χ2n) is 8.68. The molecule has 152 valence electrons. The number of fused-ring (bicyclic) bond motifs is 1. The van der Waals surface area contributed by atoms with Crippen LogP contribution in [0.3, 0.4) is 0 Å². The van der Waals surface area contributed by atoms with Crippen LogP contribution >= 0.6 is 0 Å². The molecule has 3 amide bonds. The maximum atomic E-state index is 13.1. The number of allylic oxidation sites excluding steroid dienone is 2. The second kappa shape index (κ2) is 6.14. The highest BCUT2D eigenvalue weighted by molar-refractivity contribution is 6.10. The Balaban J connectivity index is 1.23. The van der Waals surface area contributed by atoms with Crippen LogP contribution in [0.4, 0.5) is 5.69 Å². The molecule has 2 saturated carbocycles. The fraction of sp³-hybridized carbons (Fsp3) is 0.391. The highest BCUT2D eigenvalue weighted by atomic mass is 16.5. The lowest BCUT2D eigenvalue weighted by atomic mass is 9.63. The molecule has 7 rings (SSSR count). The van der Waals surface area contributed by atoms with Crippen molar-refractivity contribution in [3.63, 3.8) is 0 Å². The molecule has 2 aromatic rings. The minimum absolute atomic E-state index is 0.157. The first kappa shape index (κ1) is 17.6. The highest BCUT2D eigenvalue weighted by Gasteiger charge is 2.67. The van der Waals surface area contributed by atoms with Gasteiger partial charge in [-0.05, 0) is 48.3 Å². The number of carbonyl (C=O) groups excluding carboxylic acids is 3. The lowest BCUT2D eigenvalue weighted by molar-refractivity contribution is -0.142. The van der Waals surface area contributed by atoms with Crippen LogP contribution in [0.5, 0.6) is 5.75 Å². The summed E-state index contributed by atoms with van der Waals surface area (Å²) >= 11 is 0. The third-order valence-electron chi connectivity index (χ3n) is 7.28. The fourth-order valence-electron chi connectivity index (χ4n) is 5.94. The van der Waals surface area contributed by atoms with Gasteiger partial charge in [-0.25, -0.2) is 0 Å². The van der Waals surface area contributed by atoms with E-state index in [2.05, 4.69) is 22.5 Å². The molecule has 1 aromatic carbocycles. The summed E-state index contributed by atoms with van der Waals surface area (Å²) in [6, 6.07) is 7.17. The molecular weight excluding hydrogens is 382 g/mol. The Kier molecular flexibility index (Phi) is 3.61. The van der Waals surface area contributed by atoms with Crippen molar-refractivity contribution in [1.82, 2.24) is 9.88 Å². The monoisotopic (exact) mass is 403 g/mol. The molecule has 1 aromatic heterocycles. The molecule has 2 bridgehead atoms. The predicted octanol–water partition coefficient (Wildman–Crippen LogP) is 2.24. The van der Waals surface area contributed by atoms with Crippen molar-refractivity contribution in [2.45, 2.75) is 6.42 Å². The van der Waals surface area contributed by atoms with Gasteiger partial charge in [-0.1, -0.05) is 18.2 Å². The Labute approximate surface area is 173 Å². The van der Waals surface area contributed by atoms with Gasteiger partial charge in [-0.15, -0.1) is 0 Å². The summed E-state index contributed by atoms with van der Waals surface area (Å²) in [5.41, 5.74) is 1.12. The lowest BCUT2D eigenvalue weighted by Gasteiger charge is -2.37. The molecule has 0 unspecified atom stereocenters. The van der Waals surface area contributed by atoms with Crippen LogP contribution in [0.1, 0.15) is 6.42 Å². The molecule has 0 radical (unpaired) electrons. The third kappa shape index (κ3) is 2.32. The van der Waals surface area contributed by atoms with Gasteiger partial charge in [0.1, 0.15) is 12.3 Å². The number of imide groups is 1. The van der Waals surface area contributed by atoms with E-state index in [0.29, 0.717) is 28.8 Å². The summed E-state index contributed by atoms with van der Waals surface area (Å²) in [7, 11) is 1.58. The normalized spacial score (nSPS) is 32.9. The summed E-state index contributed by atoms with van der Waals surface area (Å²) in [5, 5.41) is 3.60. The third-order valence-corrected chi connectivity index (χ3v) is 7.28. The number of amides is 3. The highest BCUT2D eigenvalue weighted by Crippen LogP contribution is 2.65. The van der Waals surface area contributed by atoms with Crippen LogP contribution < -0.4 is 10.1 Å². The van der Waals surface area contributed by atoms with Crippen LogP contribution in [0.25, 0.3) is 10.9 Å². The number of likely N-dealkylation sites (tertiary alicyclic amines) is 1. The summed E-state index contributed by atoms with van der Waals surface area (Å²) in [5.74, 6) is 0.704. The summed E-state index contributed by atoms with van der Waals surface area (Å²) in [6.45, 7) is -0.264. The van der Waals surface area contributed by atoms with E-state index in [0.717, 1.165) is 11.8 Å². The van der Waals surface area contributed by atoms with Crippen molar-refractivity contribution in [3.05, 3.63) is 42.6 Å². The van der Waals surface area contributed by atoms with E-state index in [1.807, 2.05) is 6.07 Å². The summed E-state index contributed by atoms with van der Waals surface area (Å²) in [6.07, 6.45) is 6.99. The van der Waals surface area contributed by atoms with Crippen LogP contribution in [0.15, 0.2) is 42.6 Å². The Morgan fingerprint density at radius 1 is 1.13 bits per heavy atom. The number of pyridine rings is 1. The number of aromatic nitrogens is 1. The van der Waals surface area contributed by atoms with Crippen molar-refractivity contribution >= 4 is 34.3 Å². The average Bonchev–Trinajstić information content (AvgIpc) is 3.54. The van der Waals surface area contributed by atoms with Gasteiger partial charge < -0.3 is 10.1 Å². The molecule has 2 heterocycles. The van der Waals surface area contributed by atoms with E-state index >= 15 is 0 Å².